The third-order valence-electron chi connectivity index (χ3n) is 4.50. The second kappa shape index (κ2) is 8.65. The molecule has 0 unspecified atom stereocenters. The number of nitrogens with one attached hydrogen (secondary N) is 1. The van der Waals surface area contributed by atoms with Crippen LogP contribution in [0, 0.1) is 0 Å². The second-order valence-electron chi connectivity index (χ2n) is 6.42. The fourth-order valence-electron chi connectivity index (χ4n) is 2.97. The lowest BCUT2D eigenvalue weighted by Crippen LogP contribution is -2.47. The van der Waals surface area contributed by atoms with Gasteiger partial charge in [0.15, 0.2) is 0 Å². The number of carbonyl (C=O) groups is 1. The Hall–Kier alpha value is -2.37. The van der Waals surface area contributed by atoms with Gasteiger partial charge in [0.05, 0.1) is 12.3 Å². The van der Waals surface area contributed by atoms with Crippen molar-refractivity contribution in [3.63, 3.8) is 0 Å². The first-order valence-corrected chi connectivity index (χ1v) is 8.68. The number of likely N-dealkylation sites (N-methyl/N-ethyl adjacent to an activating group) is 1. The van der Waals surface area contributed by atoms with E-state index in [9.17, 15) is 4.79 Å². The van der Waals surface area contributed by atoms with E-state index < -0.39 is 0 Å². The van der Waals surface area contributed by atoms with E-state index in [2.05, 4.69) is 34.3 Å². The molecule has 5 nitrogen and oxygen atoms in total. The molecule has 25 heavy (non-hydrogen) atoms. The Bertz CT molecular complexity index is 674. The molecule has 1 atom stereocenters. The highest BCUT2D eigenvalue weighted by atomic mass is 16.3. The summed E-state index contributed by atoms with van der Waals surface area (Å²) in [6.07, 6.45) is 4.81. The van der Waals surface area contributed by atoms with E-state index in [1.165, 1.54) is 6.08 Å². The maximum atomic E-state index is 12.3. The molecule has 2 heterocycles. The Labute approximate surface area is 148 Å². The van der Waals surface area contributed by atoms with Crippen LogP contribution >= 0.6 is 0 Å². The first kappa shape index (κ1) is 17.5. The van der Waals surface area contributed by atoms with Gasteiger partial charge in [-0.2, -0.15) is 0 Å². The molecule has 0 bridgehead atoms. The number of carbonyl (C=O) groups excluding carboxylic acids is 1. The number of amides is 1. The number of furan rings is 1. The average molecular weight is 339 g/mol. The van der Waals surface area contributed by atoms with Gasteiger partial charge in [0, 0.05) is 38.8 Å². The van der Waals surface area contributed by atoms with Crippen LogP contribution in [0.3, 0.4) is 0 Å². The van der Waals surface area contributed by atoms with E-state index in [1.54, 1.807) is 18.4 Å². The van der Waals surface area contributed by atoms with Crippen molar-refractivity contribution in [2.75, 3.05) is 39.8 Å². The highest BCUT2D eigenvalue weighted by Crippen LogP contribution is 2.15. The Balaban J connectivity index is 1.65. The summed E-state index contributed by atoms with van der Waals surface area (Å²) >= 11 is 0. The van der Waals surface area contributed by atoms with E-state index in [-0.39, 0.29) is 11.9 Å². The maximum absolute atomic E-state index is 12.3. The van der Waals surface area contributed by atoms with Crippen LogP contribution < -0.4 is 5.32 Å². The number of hydrogen-bond donors (Lipinski definition) is 1. The molecular weight excluding hydrogens is 314 g/mol. The van der Waals surface area contributed by atoms with Gasteiger partial charge in [-0.3, -0.25) is 9.69 Å². The molecule has 0 spiro atoms. The summed E-state index contributed by atoms with van der Waals surface area (Å²) in [5, 5.41) is 3.13. The predicted octanol–water partition coefficient (Wildman–Crippen LogP) is 2.40. The molecule has 5 heteroatoms. The fraction of sp³-hybridized carbons (Fsp3) is 0.350. The van der Waals surface area contributed by atoms with Crippen molar-refractivity contribution in [2.45, 2.75) is 6.04 Å². The molecule has 0 aliphatic carbocycles. The largest absolute Gasteiger partial charge is 0.465 e. The molecule has 2 aromatic rings. The van der Waals surface area contributed by atoms with Crippen molar-refractivity contribution < 1.29 is 9.21 Å². The Morgan fingerprint density at radius 2 is 1.92 bits per heavy atom. The number of rotatable bonds is 6. The molecule has 1 aromatic carbocycles. The molecule has 1 aromatic heterocycles. The maximum Gasteiger partial charge on any atom is 0.244 e. The topological polar surface area (TPSA) is 48.7 Å². The minimum Gasteiger partial charge on any atom is -0.465 e. The van der Waals surface area contributed by atoms with Crippen LogP contribution in [0.2, 0.25) is 0 Å². The summed E-state index contributed by atoms with van der Waals surface area (Å²) in [4.78, 5) is 17.1. The quantitative estimate of drug-likeness (QED) is 0.821. The van der Waals surface area contributed by atoms with Crippen LogP contribution in [0.15, 0.2) is 59.2 Å². The van der Waals surface area contributed by atoms with E-state index in [0.29, 0.717) is 5.76 Å². The molecule has 1 saturated heterocycles. The van der Waals surface area contributed by atoms with Gasteiger partial charge >= 0.3 is 0 Å². The Morgan fingerprint density at radius 1 is 1.16 bits per heavy atom. The first-order valence-electron chi connectivity index (χ1n) is 8.68. The summed E-state index contributed by atoms with van der Waals surface area (Å²) in [7, 11) is 2.15. The lowest BCUT2D eigenvalue weighted by molar-refractivity contribution is -0.117. The Morgan fingerprint density at radius 3 is 2.60 bits per heavy atom. The zero-order chi connectivity index (χ0) is 17.5. The molecule has 1 aliphatic rings. The van der Waals surface area contributed by atoms with Crippen LogP contribution in [0.5, 0.6) is 0 Å². The zero-order valence-electron chi connectivity index (χ0n) is 14.6. The lowest BCUT2D eigenvalue weighted by atomic mass is 10.1. The first-order chi connectivity index (χ1) is 12.2. The SMILES string of the molecule is CN1CCN(C[C@@H](NC(=O)/C=C/c2ccco2)c2ccccc2)CC1. The smallest absolute Gasteiger partial charge is 0.244 e. The van der Waals surface area contributed by atoms with Crippen LogP contribution in [-0.2, 0) is 4.79 Å². The number of hydrogen-bond acceptors (Lipinski definition) is 4. The van der Waals surface area contributed by atoms with Gasteiger partial charge in [0.25, 0.3) is 0 Å². The van der Waals surface area contributed by atoms with Crippen molar-refractivity contribution >= 4 is 12.0 Å². The van der Waals surface area contributed by atoms with Crippen molar-refractivity contribution in [3.8, 4) is 0 Å². The second-order valence-corrected chi connectivity index (χ2v) is 6.42. The average Bonchev–Trinajstić information content (AvgIpc) is 3.16. The molecule has 0 radical (unpaired) electrons. The van der Waals surface area contributed by atoms with Crippen molar-refractivity contribution in [1.82, 2.24) is 15.1 Å². The van der Waals surface area contributed by atoms with Crippen molar-refractivity contribution in [3.05, 3.63) is 66.1 Å². The van der Waals surface area contributed by atoms with Crippen molar-refractivity contribution in [1.29, 1.82) is 0 Å². The van der Waals surface area contributed by atoms with Gasteiger partial charge in [-0.05, 0) is 30.8 Å². The van der Waals surface area contributed by atoms with Gasteiger partial charge in [0.2, 0.25) is 5.91 Å². The minimum atomic E-state index is -0.112. The van der Waals surface area contributed by atoms with E-state index in [1.807, 2.05) is 24.3 Å². The monoisotopic (exact) mass is 339 g/mol. The third-order valence-corrected chi connectivity index (χ3v) is 4.50. The van der Waals surface area contributed by atoms with E-state index in [4.69, 9.17) is 4.42 Å². The summed E-state index contributed by atoms with van der Waals surface area (Å²) in [5.74, 6) is 0.560. The van der Waals surface area contributed by atoms with Gasteiger partial charge in [0.1, 0.15) is 5.76 Å². The number of piperazine rings is 1. The van der Waals surface area contributed by atoms with Gasteiger partial charge in [-0.25, -0.2) is 0 Å². The molecule has 0 saturated carbocycles. The summed E-state index contributed by atoms with van der Waals surface area (Å²) in [6, 6.07) is 13.7. The van der Waals surface area contributed by atoms with E-state index >= 15 is 0 Å². The standard InChI is InChI=1S/C20H25N3O2/c1-22-11-13-23(14-12-22)16-19(17-6-3-2-4-7-17)21-20(24)10-9-18-8-5-15-25-18/h2-10,15,19H,11-14,16H2,1H3,(H,21,24)/b10-9+/t19-/m1/s1. The van der Waals surface area contributed by atoms with Crippen molar-refractivity contribution in [2.24, 2.45) is 0 Å². The van der Waals surface area contributed by atoms with Crippen LogP contribution in [-0.4, -0.2) is 55.5 Å². The summed E-state index contributed by atoms with van der Waals surface area (Å²) < 4.78 is 5.23. The molecule has 132 valence electrons. The predicted molar refractivity (Wildman–Crippen MR) is 99.0 cm³/mol. The van der Waals surface area contributed by atoms with Gasteiger partial charge in [-0.1, -0.05) is 30.3 Å². The normalized spacial score (nSPS) is 17.6. The zero-order valence-corrected chi connectivity index (χ0v) is 14.6. The highest BCUT2D eigenvalue weighted by Gasteiger charge is 2.20. The van der Waals surface area contributed by atoms with Crippen LogP contribution in [0.25, 0.3) is 6.08 Å². The summed E-state index contributed by atoms with van der Waals surface area (Å²) in [5.41, 5.74) is 1.13. The molecule has 1 amide bonds. The third kappa shape index (κ3) is 5.31. The van der Waals surface area contributed by atoms with E-state index in [0.717, 1.165) is 38.3 Å². The fourth-order valence-corrected chi connectivity index (χ4v) is 2.97. The van der Waals surface area contributed by atoms with Gasteiger partial charge < -0.3 is 14.6 Å². The molecule has 1 fully saturated rings. The van der Waals surface area contributed by atoms with Crippen LogP contribution in [0.1, 0.15) is 17.4 Å². The Kier molecular flexibility index (Phi) is 6.04. The molecule has 1 N–H and O–H groups in total. The molecule has 1 aliphatic heterocycles. The minimum absolute atomic E-state index is 0.0293. The highest BCUT2D eigenvalue weighted by molar-refractivity contribution is 5.91. The number of benzene rings is 1. The summed E-state index contributed by atoms with van der Waals surface area (Å²) in [6.45, 7) is 5.00. The molecule has 3 rings (SSSR count). The molecular formula is C20H25N3O2. The van der Waals surface area contributed by atoms with Crippen LogP contribution in [0.4, 0.5) is 0 Å². The lowest BCUT2D eigenvalue weighted by Gasteiger charge is -2.34. The number of nitrogens with zero attached hydrogens (tertiary/aromatic N) is 2. The van der Waals surface area contributed by atoms with Gasteiger partial charge in [-0.15, -0.1) is 0 Å².